The number of rotatable bonds is 4. The van der Waals surface area contributed by atoms with E-state index < -0.39 is 0 Å². The van der Waals surface area contributed by atoms with E-state index in [1.165, 1.54) is 24.9 Å². The van der Waals surface area contributed by atoms with E-state index in [1.54, 1.807) is 0 Å². The van der Waals surface area contributed by atoms with Crippen LogP contribution in [-0.4, -0.2) is 92.3 Å². The Hall–Kier alpha value is -0.900. The zero-order valence-electron chi connectivity index (χ0n) is 17.1. The fourth-order valence-electron chi connectivity index (χ4n) is 4.72. The van der Waals surface area contributed by atoms with E-state index in [1.807, 2.05) is 7.05 Å². The van der Waals surface area contributed by atoms with Gasteiger partial charge in [0.05, 0.1) is 18.8 Å². The van der Waals surface area contributed by atoms with Crippen LogP contribution in [-0.2, 0) is 11.3 Å². The standard InChI is InChI=1S/C21H33N5O.HI/c1-22-21(23-13-18-9-6-10-24(18)2)26-15-19-20(16-26)27-12-11-25(19)14-17-7-4-3-5-8-17;/h3-5,7-8,18-20H,6,9-16H2,1-2H3,(H,22,23);1H. The van der Waals surface area contributed by atoms with Gasteiger partial charge in [-0.25, -0.2) is 0 Å². The summed E-state index contributed by atoms with van der Waals surface area (Å²) in [6, 6.07) is 11.8. The lowest BCUT2D eigenvalue weighted by atomic mass is 10.1. The number of benzene rings is 1. The highest BCUT2D eigenvalue weighted by atomic mass is 127. The highest BCUT2D eigenvalue weighted by Gasteiger charge is 2.41. The molecule has 0 spiro atoms. The number of nitrogens with zero attached hydrogens (tertiary/aromatic N) is 4. The van der Waals surface area contributed by atoms with Crippen LogP contribution in [0.1, 0.15) is 18.4 Å². The third-order valence-electron chi connectivity index (χ3n) is 6.32. The van der Waals surface area contributed by atoms with Gasteiger partial charge in [0, 0.05) is 45.8 Å². The fraction of sp³-hybridized carbons (Fsp3) is 0.667. The van der Waals surface area contributed by atoms with Crippen molar-refractivity contribution in [2.45, 2.75) is 37.6 Å². The van der Waals surface area contributed by atoms with Crippen LogP contribution in [0, 0.1) is 0 Å². The van der Waals surface area contributed by atoms with E-state index in [4.69, 9.17) is 4.74 Å². The molecule has 3 aliphatic heterocycles. The Morgan fingerprint density at radius 3 is 2.75 bits per heavy atom. The summed E-state index contributed by atoms with van der Waals surface area (Å²) < 4.78 is 6.12. The summed E-state index contributed by atoms with van der Waals surface area (Å²) in [5.41, 5.74) is 1.38. The van der Waals surface area contributed by atoms with Crippen molar-refractivity contribution in [3.63, 3.8) is 0 Å². The van der Waals surface area contributed by atoms with Crippen molar-refractivity contribution < 1.29 is 4.74 Å². The normalized spacial score (nSPS) is 28.9. The SMILES string of the molecule is CN=C(NCC1CCCN1C)N1CC2OCCN(Cc3ccccc3)C2C1.I. The molecular formula is C21H34IN5O. The second kappa shape index (κ2) is 10.2. The van der Waals surface area contributed by atoms with Crippen LogP contribution in [0.25, 0.3) is 0 Å². The Morgan fingerprint density at radius 2 is 2.04 bits per heavy atom. The molecule has 3 fully saturated rings. The number of hydrogen-bond acceptors (Lipinski definition) is 4. The number of likely N-dealkylation sites (N-methyl/N-ethyl adjacent to an activating group) is 1. The Bertz CT molecular complexity index is 643. The van der Waals surface area contributed by atoms with Crippen LogP contribution in [0.4, 0.5) is 0 Å². The maximum atomic E-state index is 6.12. The number of ether oxygens (including phenoxy) is 1. The molecule has 1 aromatic rings. The molecule has 3 aliphatic rings. The van der Waals surface area contributed by atoms with Crippen molar-refractivity contribution in [1.82, 2.24) is 20.0 Å². The zero-order chi connectivity index (χ0) is 18.6. The highest BCUT2D eigenvalue weighted by Crippen LogP contribution is 2.25. The quantitative estimate of drug-likeness (QED) is 0.390. The lowest BCUT2D eigenvalue weighted by Gasteiger charge is -2.36. The van der Waals surface area contributed by atoms with Gasteiger partial charge >= 0.3 is 0 Å². The first kappa shape index (κ1) is 21.8. The summed E-state index contributed by atoms with van der Waals surface area (Å²) >= 11 is 0. The average Bonchev–Trinajstić information content (AvgIpc) is 3.30. The third-order valence-corrected chi connectivity index (χ3v) is 6.32. The molecule has 6 nitrogen and oxygen atoms in total. The van der Waals surface area contributed by atoms with Gasteiger partial charge in [-0.05, 0) is 32.0 Å². The molecule has 3 unspecified atom stereocenters. The number of morpholine rings is 1. The third kappa shape index (κ3) is 4.98. The van der Waals surface area contributed by atoms with Crippen LogP contribution in [0.15, 0.2) is 35.3 Å². The van der Waals surface area contributed by atoms with Crippen molar-refractivity contribution in [2.24, 2.45) is 4.99 Å². The minimum Gasteiger partial charge on any atom is -0.373 e. The molecule has 1 N–H and O–H groups in total. The van der Waals surface area contributed by atoms with E-state index in [-0.39, 0.29) is 30.1 Å². The van der Waals surface area contributed by atoms with Gasteiger partial charge in [0.2, 0.25) is 0 Å². The van der Waals surface area contributed by atoms with E-state index in [2.05, 4.69) is 62.4 Å². The zero-order valence-corrected chi connectivity index (χ0v) is 19.4. The maximum Gasteiger partial charge on any atom is 0.193 e. The van der Waals surface area contributed by atoms with E-state index in [0.29, 0.717) is 12.1 Å². The molecule has 0 amide bonds. The number of guanidine groups is 1. The molecule has 4 rings (SSSR count). The van der Waals surface area contributed by atoms with Gasteiger partial charge < -0.3 is 19.9 Å². The molecule has 3 heterocycles. The lowest BCUT2D eigenvalue weighted by Crippen LogP contribution is -2.50. The molecule has 0 aromatic heterocycles. The minimum absolute atomic E-state index is 0. The van der Waals surface area contributed by atoms with E-state index in [9.17, 15) is 0 Å². The number of hydrogen-bond donors (Lipinski definition) is 1. The average molecular weight is 499 g/mol. The number of nitrogens with one attached hydrogen (secondary N) is 1. The predicted molar refractivity (Wildman–Crippen MR) is 124 cm³/mol. The molecule has 28 heavy (non-hydrogen) atoms. The Kier molecular flexibility index (Phi) is 7.96. The van der Waals surface area contributed by atoms with Crippen molar-refractivity contribution >= 4 is 29.9 Å². The van der Waals surface area contributed by atoms with Crippen LogP contribution < -0.4 is 5.32 Å². The predicted octanol–water partition coefficient (Wildman–Crippen LogP) is 1.86. The summed E-state index contributed by atoms with van der Waals surface area (Å²) in [4.78, 5) is 12.0. The topological polar surface area (TPSA) is 43.3 Å². The first-order chi connectivity index (χ1) is 13.2. The molecule has 0 bridgehead atoms. The van der Waals surface area contributed by atoms with Gasteiger partial charge in [-0.2, -0.15) is 0 Å². The van der Waals surface area contributed by atoms with Crippen molar-refractivity contribution in [1.29, 1.82) is 0 Å². The molecule has 0 aliphatic carbocycles. The molecule has 3 saturated heterocycles. The molecular weight excluding hydrogens is 465 g/mol. The minimum atomic E-state index is 0. The summed E-state index contributed by atoms with van der Waals surface area (Å²) in [5, 5.41) is 3.62. The summed E-state index contributed by atoms with van der Waals surface area (Å²) in [7, 11) is 4.12. The van der Waals surface area contributed by atoms with Gasteiger partial charge in [-0.1, -0.05) is 30.3 Å². The van der Waals surface area contributed by atoms with Crippen LogP contribution in [0.5, 0.6) is 0 Å². The molecule has 156 valence electrons. The van der Waals surface area contributed by atoms with Gasteiger partial charge in [0.25, 0.3) is 0 Å². The molecule has 0 radical (unpaired) electrons. The van der Waals surface area contributed by atoms with E-state index >= 15 is 0 Å². The summed E-state index contributed by atoms with van der Waals surface area (Å²) in [6.45, 7) is 6.92. The first-order valence-electron chi connectivity index (χ1n) is 10.3. The molecule has 1 aromatic carbocycles. The number of halogens is 1. The van der Waals surface area contributed by atoms with Crippen LogP contribution >= 0.6 is 24.0 Å². The van der Waals surface area contributed by atoms with Crippen molar-refractivity contribution in [3.05, 3.63) is 35.9 Å². The Balaban J connectivity index is 0.00000225. The smallest absolute Gasteiger partial charge is 0.193 e. The van der Waals surface area contributed by atoms with Gasteiger partial charge in [-0.15, -0.1) is 24.0 Å². The van der Waals surface area contributed by atoms with Gasteiger partial charge in [0.15, 0.2) is 5.96 Å². The second-order valence-electron chi connectivity index (χ2n) is 8.04. The molecule has 3 atom stereocenters. The Morgan fingerprint density at radius 1 is 1.21 bits per heavy atom. The van der Waals surface area contributed by atoms with Crippen LogP contribution in [0.3, 0.4) is 0 Å². The van der Waals surface area contributed by atoms with Crippen LogP contribution in [0.2, 0.25) is 0 Å². The summed E-state index contributed by atoms with van der Waals surface area (Å²) in [6.07, 6.45) is 2.85. The van der Waals surface area contributed by atoms with Crippen molar-refractivity contribution in [2.75, 3.05) is 53.4 Å². The summed E-state index contributed by atoms with van der Waals surface area (Å²) in [5.74, 6) is 1.02. The van der Waals surface area contributed by atoms with Gasteiger partial charge in [0.1, 0.15) is 0 Å². The highest BCUT2D eigenvalue weighted by molar-refractivity contribution is 14.0. The monoisotopic (exact) mass is 499 g/mol. The van der Waals surface area contributed by atoms with Gasteiger partial charge in [-0.3, -0.25) is 9.89 Å². The molecule has 7 heteroatoms. The van der Waals surface area contributed by atoms with Crippen molar-refractivity contribution in [3.8, 4) is 0 Å². The molecule has 0 saturated carbocycles. The first-order valence-corrected chi connectivity index (χ1v) is 10.3. The lowest BCUT2D eigenvalue weighted by molar-refractivity contribution is -0.0502. The fourth-order valence-corrected chi connectivity index (χ4v) is 4.72. The largest absolute Gasteiger partial charge is 0.373 e. The number of likely N-dealkylation sites (tertiary alicyclic amines) is 2. The second-order valence-corrected chi connectivity index (χ2v) is 8.04. The Labute approximate surface area is 186 Å². The number of fused-ring (bicyclic) bond motifs is 1. The number of aliphatic imine (C=N–C) groups is 1. The maximum absolute atomic E-state index is 6.12. The van der Waals surface area contributed by atoms with E-state index in [0.717, 1.165) is 45.3 Å².